The number of hydrogen-bond acceptors (Lipinski definition) is 1. The zero-order chi connectivity index (χ0) is 8.85. The second-order valence-corrected chi connectivity index (χ2v) is 2.89. The Hall–Kier alpha value is -0.530. The quantitative estimate of drug-likeness (QED) is 0.618. The summed E-state index contributed by atoms with van der Waals surface area (Å²) in [6, 6.07) is 0. The second-order valence-electron chi connectivity index (χ2n) is 2.89. The van der Waals surface area contributed by atoms with Crippen molar-refractivity contribution >= 4 is 5.91 Å². The molecule has 0 aromatic rings. The van der Waals surface area contributed by atoms with Crippen LogP contribution in [0.4, 0.5) is 0 Å². The summed E-state index contributed by atoms with van der Waals surface area (Å²) in [5.41, 5.74) is 0. The third-order valence-electron chi connectivity index (χ3n) is 1.99. The summed E-state index contributed by atoms with van der Waals surface area (Å²) >= 11 is 0. The molecule has 0 unspecified atom stereocenters. The van der Waals surface area contributed by atoms with Crippen molar-refractivity contribution < 1.29 is 4.79 Å². The predicted molar refractivity (Wildman–Crippen MR) is 47.3 cm³/mol. The zero-order valence-electron chi connectivity index (χ0n) is 7.98. The first-order valence-corrected chi connectivity index (χ1v) is 4.45. The van der Waals surface area contributed by atoms with Gasteiger partial charge in [-0.2, -0.15) is 0 Å². The molecule has 66 valence electrons. The minimum atomic E-state index is 0.216. The van der Waals surface area contributed by atoms with E-state index in [1.165, 1.54) is 0 Å². The van der Waals surface area contributed by atoms with E-state index in [4.69, 9.17) is 0 Å². The van der Waals surface area contributed by atoms with Gasteiger partial charge in [-0.25, -0.2) is 0 Å². The number of hydrogen-bond donors (Lipinski definition) is 1. The fraction of sp³-hybridized carbons (Fsp3) is 0.889. The van der Waals surface area contributed by atoms with Crippen molar-refractivity contribution in [2.24, 2.45) is 11.8 Å². The van der Waals surface area contributed by atoms with Crippen molar-refractivity contribution in [1.29, 1.82) is 0 Å². The monoisotopic (exact) mass is 157 g/mol. The third-order valence-corrected chi connectivity index (χ3v) is 1.99. The third kappa shape index (κ3) is 2.91. The van der Waals surface area contributed by atoms with E-state index in [9.17, 15) is 4.79 Å². The Morgan fingerprint density at radius 2 is 1.82 bits per heavy atom. The first-order chi connectivity index (χ1) is 5.24. The minimum Gasteiger partial charge on any atom is -0.359 e. The molecule has 0 saturated heterocycles. The van der Waals surface area contributed by atoms with Crippen LogP contribution in [0.2, 0.25) is 0 Å². The Bertz CT molecular complexity index is 117. The highest BCUT2D eigenvalue weighted by Crippen LogP contribution is 2.32. The van der Waals surface area contributed by atoms with Crippen LogP contribution in [0.15, 0.2) is 0 Å². The predicted octanol–water partition coefficient (Wildman–Crippen LogP) is 1.80. The van der Waals surface area contributed by atoms with E-state index in [-0.39, 0.29) is 5.91 Å². The van der Waals surface area contributed by atoms with Gasteiger partial charge in [-0.3, -0.25) is 4.79 Å². The van der Waals surface area contributed by atoms with Crippen LogP contribution in [0.3, 0.4) is 0 Å². The van der Waals surface area contributed by atoms with E-state index < -0.39 is 0 Å². The molecule has 1 aliphatic rings. The van der Waals surface area contributed by atoms with Crippen molar-refractivity contribution in [3.05, 3.63) is 0 Å². The smallest absolute Gasteiger partial charge is 0.222 e. The average Bonchev–Trinajstić information content (AvgIpc) is 2.01. The van der Waals surface area contributed by atoms with Crippen LogP contribution in [-0.2, 0) is 4.79 Å². The van der Waals surface area contributed by atoms with E-state index in [1.54, 1.807) is 7.05 Å². The van der Waals surface area contributed by atoms with Crippen molar-refractivity contribution in [2.45, 2.75) is 33.6 Å². The van der Waals surface area contributed by atoms with E-state index in [1.807, 2.05) is 13.8 Å². The number of carbonyl (C=O) groups is 1. The van der Waals surface area contributed by atoms with Gasteiger partial charge in [0.1, 0.15) is 0 Å². The van der Waals surface area contributed by atoms with Crippen molar-refractivity contribution in [3.8, 4) is 0 Å². The van der Waals surface area contributed by atoms with Crippen LogP contribution in [-0.4, -0.2) is 13.0 Å². The van der Waals surface area contributed by atoms with Gasteiger partial charge in [-0.1, -0.05) is 20.8 Å². The average molecular weight is 157 g/mol. The van der Waals surface area contributed by atoms with Crippen LogP contribution < -0.4 is 5.32 Å². The zero-order valence-corrected chi connectivity index (χ0v) is 7.98. The molecule has 2 heteroatoms. The summed E-state index contributed by atoms with van der Waals surface area (Å²) in [5, 5.41) is 2.65. The summed E-state index contributed by atoms with van der Waals surface area (Å²) < 4.78 is 0. The Kier molecular flexibility index (Phi) is 4.92. The molecule has 1 amide bonds. The standard InChI is InChI=1S/C7H13NO.C2H6/c1-5-3-6(4-5)7(9)8-2;1-2/h5-6H,3-4H2,1-2H3,(H,8,9);1-2H3. The molecule has 1 saturated carbocycles. The molecule has 0 spiro atoms. The fourth-order valence-corrected chi connectivity index (χ4v) is 1.32. The molecule has 0 atom stereocenters. The van der Waals surface area contributed by atoms with E-state index >= 15 is 0 Å². The van der Waals surface area contributed by atoms with Crippen molar-refractivity contribution in [1.82, 2.24) is 5.32 Å². The van der Waals surface area contributed by atoms with Gasteiger partial charge in [0.15, 0.2) is 0 Å². The van der Waals surface area contributed by atoms with Crippen LogP contribution in [0.5, 0.6) is 0 Å². The highest BCUT2D eigenvalue weighted by Gasteiger charge is 2.30. The van der Waals surface area contributed by atoms with Crippen LogP contribution in [0, 0.1) is 11.8 Å². The molecule has 0 aliphatic heterocycles. The first-order valence-electron chi connectivity index (χ1n) is 4.45. The largest absolute Gasteiger partial charge is 0.359 e. The topological polar surface area (TPSA) is 29.1 Å². The highest BCUT2D eigenvalue weighted by molar-refractivity contribution is 5.79. The Labute approximate surface area is 69.4 Å². The molecule has 0 bridgehead atoms. The molecule has 1 rings (SSSR count). The molecular weight excluding hydrogens is 138 g/mol. The molecule has 1 aliphatic carbocycles. The maximum Gasteiger partial charge on any atom is 0.222 e. The van der Waals surface area contributed by atoms with Gasteiger partial charge in [-0.05, 0) is 18.8 Å². The summed E-state index contributed by atoms with van der Waals surface area (Å²) in [5.74, 6) is 1.31. The van der Waals surface area contributed by atoms with Gasteiger partial charge in [0.25, 0.3) is 0 Å². The molecule has 1 N–H and O–H groups in total. The summed E-state index contributed by atoms with van der Waals surface area (Å²) in [6.45, 7) is 6.18. The summed E-state index contributed by atoms with van der Waals surface area (Å²) in [4.78, 5) is 10.8. The van der Waals surface area contributed by atoms with Crippen LogP contribution in [0.1, 0.15) is 33.6 Å². The SMILES string of the molecule is CC.CNC(=O)C1CC(C)C1. The van der Waals surface area contributed by atoms with E-state index in [0.717, 1.165) is 18.8 Å². The van der Waals surface area contributed by atoms with E-state index in [2.05, 4.69) is 12.2 Å². The van der Waals surface area contributed by atoms with E-state index in [0.29, 0.717) is 5.92 Å². The maximum absolute atomic E-state index is 10.8. The fourth-order valence-electron chi connectivity index (χ4n) is 1.32. The molecule has 0 radical (unpaired) electrons. The van der Waals surface area contributed by atoms with Gasteiger partial charge >= 0.3 is 0 Å². The lowest BCUT2D eigenvalue weighted by Gasteiger charge is -2.30. The number of carbonyl (C=O) groups excluding carboxylic acids is 1. The van der Waals surface area contributed by atoms with Gasteiger partial charge < -0.3 is 5.32 Å². The van der Waals surface area contributed by atoms with Crippen LogP contribution in [0.25, 0.3) is 0 Å². The molecule has 0 aromatic carbocycles. The van der Waals surface area contributed by atoms with Gasteiger partial charge in [0, 0.05) is 13.0 Å². The second kappa shape index (κ2) is 5.16. The lowest BCUT2D eigenvalue weighted by molar-refractivity contribution is -0.128. The van der Waals surface area contributed by atoms with Crippen molar-refractivity contribution in [3.63, 3.8) is 0 Å². The first kappa shape index (κ1) is 10.5. The molecule has 0 aromatic heterocycles. The van der Waals surface area contributed by atoms with Crippen LogP contribution >= 0.6 is 0 Å². The summed E-state index contributed by atoms with van der Waals surface area (Å²) in [7, 11) is 1.70. The molecule has 11 heavy (non-hydrogen) atoms. The lowest BCUT2D eigenvalue weighted by atomic mass is 9.76. The minimum absolute atomic E-state index is 0.216. The van der Waals surface area contributed by atoms with Gasteiger partial charge in [0.05, 0.1) is 0 Å². The number of amides is 1. The Morgan fingerprint density at radius 1 is 1.36 bits per heavy atom. The molecular formula is C9H19NO. The van der Waals surface area contributed by atoms with Gasteiger partial charge in [0.2, 0.25) is 5.91 Å². The maximum atomic E-state index is 10.8. The Morgan fingerprint density at radius 3 is 2.09 bits per heavy atom. The van der Waals surface area contributed by atoms with Crippen molar-refractivity contribution in [2.75, 3.05) is 7.05 Å². The normalized spacial score (nSPS) is 27.6. The highest BCUT2D eigenvalue weighted by atomic mass is 16.1. The molecule has 1 fully saturated rings. The Balaban J connectivity index is 0.000000461. The molecule has 2 nitrogen and oxygen atoms in total. The summed E-state index contributed by atoms with van der Waals surface area (Å²) in [6.07, 6.45) is 2.17. The van der Waals surface area contributed by atoms with Gasteiger partial charge in [-0.15, -0.1) is 0 Å². The molecule has 0 heterocycles. The lowest BCUT2D eigenvalue weighted by Crippen LogP contribution is -2.35. The number of rotatable bonds is 1. The number of nitrogens with one attached hydrogen (secondary N) is 1.